The van der Waals surface area contributed by atoms with Crippen LogP contribution in [0.15, 0.2) is 85.1 Å². The van der Waals surface area contributed by atoms with Crippen LogP contribution in [0.25, 0.3) is 0 Å². The van der Waals surface area contributed by atoms with Crippen LogP contribution < -0.4 is 5.32 Å². The lowest BCUT2D eigenvalue weighted by atomic mass is 10.2. The van der Waals surface area contributed by atoms with Crippen molar-refractivity contribution in [3.8, 4) is 0 Å². The number of hydrogen-bond acceptors (Lipinski definition) is 5. The Balaban J connectivity index is 3.66. The van der Waals surface area contributed by atoms with Gasteiger partial charge < -0.3 is 14.8 Å². The smallest absolute Gasteiger partial charge is 0.331 e. The summed E-state index contributed by atoms with van der Waals surface area (Å²) < 4.78 is 9.21. The average molecular weight is 484 g/mol. The Bertz CT molecular complexity index is 785. The molecule has 0 atom stereocenters. The summed E-state index contributed by atoms with van der Waals surface area (Å²) in [6.07, 6.45) is 34.5. The molecule has 0 rings (SSSR count). The van der Waals surface area contributed by atoms with Gasteiger partial charge in [-0.2, -0.15) is 0 Å². The van der Waals surface area contributed by atoms with E-state index in [1.54, 1.807) is 0 Å². The molecule has 0 aromatic rings. The second kappa shape index (κ2) is 25.2. The van der Waals surface area contributed by atoms with E-state index >= 15 is 0 Å². The molecule has 0 heterocycles. The van der Waals surface area contributed by atoms with Gasteiger partial charge in [-0.15, -0.1) is 0 Å². The Morgan fingerprint density at radius 2 is 1.11 bits per heavy atom. The molecule has 0 aliphatic rings. The van der Waals surface area contributed by atoms with E-state index in [1.165, 1.54) is 7.11 Å². The zero-order chi connectivity index (χ0) is 25.8. The van der Waals surface area contributed by atoms with Crippen LogP contribution in [-0.4, -0.2) is 38.1 Å². The molecule has 0 aromatic heterocycles. The minimum atomic E-state index is -0.664. The predicted octanol–water partition coefficient (Wildman–Crippen LogP) is 5.85. The van der Waals surface area contributed by atoms with Gasteiger partial charge in [-0.3, -0.25) is 4.79 Å². The lowest BCUT2D eigenvalue weighted by Gasteiger charge is -2.04. The first kappa shape index (κ1) is 31.6. The van der Waals surface area contributed by atoms with E-state index in [1.807, 2.05) is 12.2 Å². The molecule has 192 valence electrons. The van der Waals surface area contributed by atoms with Crippen LogP contribution in [0.5, 0.6) is 0 Å². The van der Waals surface area contributed by atoms with E-state index in [2.05, 4.69) is 77.7 Å². The van der Waals surface area contributed by atoms with Gasteiger partial charge in [-0.05, 0) is 44.9 Å². The van der Waals surface area contributed by atoms with E-state index < -0.39 is 11.9 Å². The zero-order valence-electron chi connectivity index (χ0n) is 21.2. The fourth-order valence-corrected chi connectivity index (χ4v) is 2.54. The van der Waals surface area contributed by atoms with E-state index in [0.717, 1.165) is 50.7 Å². The van der Waals surface area contributed by atoms with Gasteiger partial charge in [0.2, 0.25) is 5.91 Å². The highest BCUT2D eigenvalue weighted by Gasteiger charge is 2.01. The molecule has 6 nitrogen and oxygen atoms in total. The van der Waals surface area contributed by atoms with Gasteiger partial charge in [0, 0.05) is 18.6 Å². The molecule has 1 amide bonds. The highest BCUT2D eigenvalue weighted by molar-refractivity contribution is 5.91. The van der Waals surface area contributed by atoms with E-state index in [0.29, 0.717) is 12.8 Å². The van der Waals surface area contributed by atoms with Crippen molar-refractivity contribution in [2.45, 2.75) is 58.3 Å². The number of esters is 2. The molecule has 0 unspecified atom stereocenters. The summed E-state index contributed by atoms with van der Waals surface area (Å²) >= 11 is 0. The molecule has 0 bridgehead atoms. The molecule has 0 spiro atoms. The number of amides is 1. The maximum absolute atomic E-state index is 11.7. The molecular formula is C29H41NO5. The Hall–Kier alpha value is -3.41. The molecule has 0 aliphatic heterocycles. The Kier molecular flexibility index (Phi) is 22.8. The molecule has 0 saturated heterocycles. The van der Waals surface area contributed by atoms with Gasteiger partial charge in [-0.1, -0.05) is 79.8 Å². The number of nitrogens with one attached hydrogen (secondary N) is 1. The van der Waals surface area contributed by atoms with E-state index in [4.69, 9.17) is 4.74 Å². The Morgan fingerprint density at radius 3 is 1.60 bits per heavy atom. The third-order valence-corrected chi connectivity index (χ3v) is 4.36. The van der Waals surface area contributed by atoms with Crippen LogP contribution in [0, 0.1) is 0 Å². The minimum Gasteiger partial charge on any atom is -0.466 e. The summed E-state index contributed by atoms with van der Waals surface area (Å²) in [6.45, 7) is 2.40. The molecule has 6 heteroatoms. The van der Waals surface area contributed by atoms with Crippen LogP contribution >= 0.6 is 0 Å². The van der Waals surface area contributed by atoms with Gasteiger partial charge in [0.15, 0.2) is 0 Å². The number of carbonyl (C=O) groups is 3. The van der Waals surface area contributed by atoms with Crippen molar-refractivity contribution >= 4 is 17.8 Å². The summed E-state index contributed by atoms with van der Waals surface area (Å²) in [5.74, 6) is -1.40. The second-order valence-electron chi connectivity index (χ2n) is 7.33. The average Bonchev–Trinajstić information content (AvgIpc) is 2.86. The maximum atomic E-state index is 11.7. The first-order valence-electron chi connectivity index (χ1n) is 12.2. The van der Waals surface area contributed by atoms with Crippen LogP contribution in [0.1, 0.15) is 58.3 Å². The van der Waals surface area contributed by atoms with Crippen molar-refractivity contribution in [2.24, 2.45) is 0 Å². The molecule has 0 fully saturated rings. The van der Waals surface area contributed by atoms with Gasteiger partial charge in [-0.25, -0.2) is 9.59 Å². The third kappa shape index (κ3) is 25.1. The number of methoxy groups -OCH3 is 1. The van der Waals surface area contributed by atoms with Crippen molar-refractivity contribution in [3.05, 3.63) is 85.1 Å². The summed E-state index contributed by atoms with van der Waals surface area (Å²) in [5, 5.41) is 2.68. The maximum Gasteiger partial charge on any atom is 0.331 e. The highest BCUT2D eigenvalue weighted by Crippen LogP contribution is 1.98. The molecule has 0 aromatic carbocycles. The van der Waals surface area contributed by atoms with Crippen molar-refractivity contribution in [2.75, 3.05) is 20.3 Å². The van der Waals surface area contributed by atoms with Gasteiger partial charge in [0.25, 0.3) is 0 Å². The number of hydrogen-bond donors (Lipinski definition) is 1. The van der Waals surface area contributed by atoms with Crippen molar-refractivity contribution in [1.29, 1.82) is 0 Å². The SMILES string of the molecule is CC/C=C\C/C=C\C/C=C\C/C=C\C/C=C\C/C=C\CCC(=O)NCCOC(=O)/C=C/C(=O)OC. The first-order chi connectivity index (χ1) is 17.1. The number of allylic oxidation sites excluding steroid dienone is 12. The number of carbonyl (C=O) groups excluding carboxylic acids is 3. The molecule has 35 heavy (non-hydrogen) atoms. The summed E-state index contributed by atoms with van der Waals surface area (Å²) in [6, 6.07) is 0. The third-order valence-electron chi connectivity index (χ3n) is 4.36. The lowest BCUT2D eigenvalue weighted by molar-refractivity contribution is -0.139. The number of rotatable bonds is 19. The standard InChI is InChI=1S/C29H41NO5/c1-3-4-5-6-7-8-9-10-11-12-13-14-15-16-17-18-19-20-21-22-27(31)30-25-26-35-29(33)24-23-28(32)34-2/h4-5,7-8,10-11,13-14,16-17,19-20,23-24H,3,6,9,12,15,18,21-22,25-26H2,1-2H3,(H,30,31)/b5-4-,8-7-,11-10-,14-13-,17-16-,20-19-,24-23+. The highest BCUT2D eigenvalue weighted by atomic mass is 16.5. The quantitative estimate of drug-likeness (QED) is 0.108. The Morgan fingerprint density at radius 1 is 0.657 bits per heavy atom. The van der Waals surface area contributed by atoms with Crippen LogP contribution in [-0.2, 0) is 23.9 Å². The Labute approximate surface area is 210 Å². The minimum absolute atomic E-state index is 0.0377. The van der Waals surface area contributed by atoms with Crippen LogP contribution in [0.2, 0.25) is 0 Å². The monoisotopic (exact) mass is 483 g/mol. The summed E-state index contributed by atoms with van der Waals surface area (Å²) in [5.41, 5.74) is 0. The molecule has 0 aliphatic carbocycles. The van der Waals surface area contributed by atoms with Crippen molar-refractivity contribution in [1.82, 2.24) is 5.32 Å². The van der Waals surface area contributed by atoms with Crippen LogP contribution in [0.4, 0.5) is 0 Å². The fourth-order valence-electron chi connectivity index (χ4n) is 2.54. The first-order valence-corrected chi connectivity index (χ1v) is 12.2. The van der Waals surface area contributed by atoms with Crippen molar-refractivity contribution < 1.29 is 23.9 Å². The number of ether oxygens (including phenoxy) is 2. The fraction of sp³-hybridized carbons (Fsp3) is 0.414. The topological polar surface area (TPSA) is 81.7 Å². The largest absolute Gasteiger partial charge is 0.466 e. The predicted molar refractivity (Wildman–Crippen MR) is 143 cm³/mol. The second-order valence-corrected chi connectivity index (χ2v) is 7.33. The van der Waals surface area contributed by atoms with Gasteiger partial charge in [0.05, 0.1) is 13.7 Å². The lowest BCUT2D eigenvalue weighted by Crippen LogP contribution is -2.27. The molecular weight excluding hydrogens is 442 g/mol. The van der Waals surface area contributed by atoms with E-state index in [-0.39, 0.29) is 19.1 Å². The molecule has 0 radical (unpaired) electrons. The van der Waals surface area contributed by atoms with E-state index in [9.17, 15) is 14.4 Å². The molecule has 0 saturated carbocycles. The van der Waals surface area contributed by atoms with Gasteiger partial charge >= 0.3 is 11.9 Å². The van der Waals surface area contributed by atoms with Gasteiger partial charge in [0.1, 0.15) is 6.61 Å². The zero-order valence-corrected chi connectivity index (χ0v) is 21.2. The normalized spacial score (nSPS) is 12.4. The van der Waals surface area contributed by atoms with Crippen LogP contribution in [0.3, 0.4) is 0 Å². The summed E-state index contributed by atoms with van der Waals surface area (Å²) in [4.78, 5) is 33.9. The molecule has 1 N–H and O–H groups in total. The summed E-state index contributed by atoms with van der Waals surface area (Å²) in [7, 11) is 1.22. The van der Waals surface area contributed by atoms with Crippen molar-refractivity contribution in [3.63, 3.8) is 0 Å².